The van der Waals surface area contributed by atoms with Gasteiger partial charge in [0.15, 0.2) is 11.6 Å². The SMILES string of the molecule is C/C=C/C=C/C(=O)Nc1nc2ccccc2nc1N1CCCC1. The summed E-state index contributed by atoms with van der Waals surface area (Å²) in [6.07, 6.45) is 9.17. The number of amides is 1. The first-order valence-corrected chi connectivity index (χ1v) is 7.90. The third-order valence-corrected chi connectivity index (χ3v) is 3.75. The summed E-state index contributed by atoms with van der Waals surface area (Å²) in [6.45, 7) is 3.80. The number of aromatic nitrogens is 2. The van der Waals surface area contributed by atoms with Crippen molar-refractivity contribution in [3.63, 3.8) is 0 Å². The monoisotopic (exact) mass is 308 g/mol. The predicted octanol–water partition coefficient (Wildman–Crippen LogP) is 3.30. The average Bonchev–Trinajstić information content (AvgIpc) is 3.09. The molecule has 0 radical (unpaired) electrons. The van der Waals surface area contributed by atoms with Crippen molar-refractivity contribution in [1.29, 1.82) is 0 Å². The molecule has 118 valence electrons. The largest absolute Gasteiger partial charge is 0.354 e. The molecule has 2 heterocycles. The topological polar surface area (TPSA) is 58.1 Å². The zero-order chi connectivity index (χ0) is 16.1. The van der Waals surface area contributed by atoms with Crippen LogP contribution in [0.25, 0.3) is 11.0 Å². The van der Waals surface area contributed by atoms with Gasteiger partial charge in [-0.3, -0.25) is 4.79 Å². The number of carbonyl (C=O) groups excluding carboxylic acids is 1. The lowest BCUT2D eigenvalue weighted by atomic mass is 10.3. The first-order valence-electron chi connectivity index (χ1n) is 7.90. The van der Waals surface area contributed by atoms with Crippen LogP contribution in [0.15, 0.2) is 48.6 Å². The summed E-state index contributed by atoms with van der Waals surface area (Å²) >= 11 is 0. The van der Waals surface area contributed by atoms with Crippen LogP contribution in [0.1, 0.15) is 19.8 Å². The molecule has 0 atom stereocenters. The van der Waals surface area contributed by atoms with Crippen molar-refractivity contribution in [3.8, 4) is 0 Å². The van der Waals surface area contributed by atoms with Crippen molar-refractivity contribution in [1.82, 2.24) is 9.97 Å². The molecule has 0 saturated carbocycles. The van der Waals surface area contributed by atoms with E-state index in [0.717, 1.165) is 42.8 Å². The van der Waals surface area contributed by atoms with Gasteiger partial charge in [-0.2, -0.15) is 0 Å². The standard InChI is InChI=1S/C18H20N4O/c1-2-3-4-11-16(23)21-17-18(22-12-7-8-13-22)20-15-10-6-5-9-14(15)19-17/h2-6,9-11H,7-8,12-13H2,1H3,(H,19,21,23)/b3-2+,11-4+. The van der Waals surface area contributed by atoms with Gasteiger partial charge < -0.3 is 10.2 Å². The summed E-state index contributed by atoms with van der Waals surface area (Å²) in [4.78, 5) is 23.6. The van der Waals surface area contributed by atoms with Gasteiger partial charge in [-0.25, -0.2) is 9.97 Å². The van der Waals surface area contributed by atoms with Gasteiger partial charge in [0.1, 0.15) is 0 Å². The summed E-state index contributed by atoms with van der Waals surface area (Å²) in [6, 6.07) is 7.72. The first kappa shape index (κ1) is 15.2. The number of hydrogen-bond donors (Lipinski definition) is 1. The highest BCUT2D eigenvalue weighted by Gasteiger charge is 2.20. The average molecular weight is 308 g/mol. The summed E-state index contributed by atoms with van der Waals surface area (Å²) in [7, 11) is 0. The van der Waals surface area contributed by atoms with Gasteiger partial charge in [-0.05, 0) is 31.9 Å². The van der Waals surface area contributed by atoms with E-state index < -0.39 is 0 Å². The Labute approximate surface area is 135 Å². The molecule has 2 aromatic rings. The van der Waals surface area contributed by atoms with Crippen molar-refractivity contribution in [2.45, 2.75) is 19.8 Å². The highest BCUT2D eigenvalue weighted by Crippen LogP contribution is 2.27. The summed E-state index contributed by atoms with van der Waals surface area (Å²) in [5.74, 6) is 1.09. The fraction of sp³-hybridized carbons (Fsp3) is 0.278. The van der Waals surface area contributed by atoms with E-state index >= 15 is 0 Å². The summed E-state index contributed by atoms with van der Waals surface area (Å²) in [5.41, 5.74) is 1.63. The van der Waals surface area contributed by atoms with Crippen LogP contribution in [0.4, 0.5) is 11.6 Å². The van der Waals surface area contributed by atoms with Crippen LogP contribution in [0.5, 0.6) is 0 Å². The van der Waals surface area contributed by atoms with Crippen LogP contribution < -0.4 is 10.2 Å². The zero-order valence-electron chi connectivity index (χ0n) is 13.2. The number of nitrogens with one attached hydrogen (secondary N) is 1. The Hall–Kier alpha value is -2.69. The molecule has 1 fully saturated rings. The molecule has 5 heteroatoms. The maximum Gasteiger partial charge on any atom is 0.249 e. The maximum atomic E-state index is 12.1. The van der Waals surface area contributed by atoms with Crippen molar-refractivity contribution in [2.75, 3.05) is 23.3 Å². The molecule has 0 aliphatic carbocycles. The second kappa shape index (κ2) is 7.05. The number of hydrogen-bond acceptors (Lipinski definition) is 4. The lowest BCUT2D eigenvalue weighted by Crippen LogP contribution is -2.22. The van der Waals surface area contributed by atoms with Crippen LogP contribution in [0, 0.1) is 0 Å². The lowest BCUT2D eigenvalue weighted by Gasteiger charge is -2.19. The molecule has 3 rings (SSSR count). The van der Waals surface area contributed by atoms with Gasteiger partial charge in [0.2, 0.25) is 5.91 Å². The first-order chi connectivity index (χ1) is 11.3. The number of anilines is 2. The Bertz CT molecular complexity index is 761. The second-order valence-corrected chi connectivity index (χ2v) is 5.45. The van der Waals surface area contributed by atoms with E-state index in [0.29, 0.717) is 5.82 Å². The molecule has 1 amide bonds. The minimum absolute atomic E-state index is 0.201. The third-order valence-electron chi connectivity index (χ3n) is 3.75. The van der Waals surface area contributed by atoms with E-state index in [1.165, 1.54) is 6.08 Å². The number of fused-ring (bicyclic) bond motifs is 1. The van der Waals surface area contributed by atoms with Crippen LogP contribution in [-0.2, 0) is 4.79 Å². The molecule has 23 heavy (non-hydrogen) atoms. The molecule has 1 aliphatic rings. The molecule has 1 saturated heterocycles. The van der Waals surface area contributed by atoms with Crippen LogP contribution in [-0.4, -0.2) is 29.0 Å². The van der Waals surface area contributed by atoms with E-state index in [4.69, 9.17) is 4.98 Å². The van der Waals surface area contributed by atoms with Gasteiger partial charge in [0.05, 0.1) is 11.0 Å². The number of nitrogens with zero attached hydrogens (tertiary/aromatic N) is 3. The molecular weight excluding hydrogens is 288 g/mol. The minimum Gasteiger partial charge on any atom is -0.354 e. The van der Waals surface area contributed by atoms with E-state index in [1.54, 1.807) is 6.08 Å². The molecule has 1 N–H and O–H groups in total. The molecule has 0 unspecified atom stereocenters. The van der Waals surface area contributed by atoms with Crippen LogP contribution in [0.2, 0.25) is 0 Å². The molecule has 5 nitrogen and oxygen atoms in total. The normalized spacial score (nSPS) is 15.1. The van der Waals surface area contributed by atoms with E-state index in [9.17, 15) is 4.79 Å². The molecule has 1 aromatic carbocycles. The summed E-state index contributed by atoms with van der Waals surface area (Å²) < 4.78 is 0. The number of carbonyl (C=O) groups is 1. The quantitative estimate of drug-likeness (QED) is 0.695. The number of para-hydroxylation sites is 2. The number of benzene rings is 1. The van der Waals surface area contributed by atoms with Crippen molar-refractivity contribution in [2.24, 2.45) is 0 Å². The Balaban J connectivity index is 1.95. The fourth-order valence-corrected chi connectivity index (χ4v) is 2.64. The van der Waals surface area contributed by atoms with E-state index in [1.807, 2.05) is 43.3 Å². The van der Waals surface area contributed by atoms with E-state index in [2.05, 4.69) is 15.2 Å². The van der Waals surface area contributed by atoms with Crippen LogP contribution >= 0.6 is 0 Å². The molecule has 1 aromatic heterocycles. The van der Waals surface area contributed by atoms with Gasteiger partial charge in [-0.1, -0.05) is 30.4 Å². The highest BCUT2D eigenvalue weighted by atomic mass is 16.1. The Morgan fingerprint density at radius 1 is 1.13 bits per heavy atom. The van der Waals surface area contributed by atoms with Crippen molar-refractivity contribution < 1.29 is 4.79 Å². The van der Waals surface area contributed by atoms with Gasteiger partial charge in [-0.15, -0.1) is 0 Å². The Morgan fingerprint density at radius 2 is 1.83 bits per heavy atom. The lowest BCUT2D eigenvalue weighted by molar-refractivity contribution is -0.111. The Kier molecular flexibility index (Phi) is 4.66. The van der Waals surface area contributed by atoms with Crippen molar-refractivity contribution >= 4 is 28.6 Å². The smallest absolute Gasteiger partial charge is 0.249 e. The molecule has 1 aliphatic heterocycles. The second-order valence-electron chi connectivity index (χ2n) is 5.45. The number of allylic oxidation sites excluding steroid dienone is 3. The predicted molar refractivity (Wildman–Crippen MR) is 93.6 cm³/mol. The van der Waals surface area contributed by atoms with Crippen LogP contribution in [0.3, 0.4) is 0 Å². The van der Waals surface area contributed by atoms with E-state index in [-0.39, 0.29) is 5.91 Å². The number of rotatable bonds is 4. The minimum atomic E-state index is -0.201. The summed E-state index contributed by atoms with van der Waals surface area (Å²) in [5, 5.41) is 2.86. The zero-order valence-corrected chi connectivity index (χ0v) is 13.2. The fourth-order valence-electron chi connectivity index (χ4n) is 2.64. The third kappa shape index (κ3) is 3.56. The molecular formula is C18H20N4O. The molecule has 0 bridgehead atoms. The van der Waals surface area contributed by atoms with Crippen molar-refractivity contribution in [3.05, 3.63) is 48.6 Å². The Morgan fingerprint density at radius 3 is 2.52 bits per heavy atom. The molecule has 0 spiro atoms. The highest BCUT2D eigenvalue weighted by molar-refractivity contribution is 6.01. The van der Waals surface area contributed by atoms with Gasteiger partial charge in [0.25, 0.3) is 0 Å². The van der Waals surface area contributed by atoms with Gasteiger partial charge in [0, 0.05) is 19.2 Å². The van der Waals surface area contributed by atoms with Gasteiger partial charge >= 0.3 is 0 Å². The maximum absolute atomic E-state index is 12.1.